The summed E-state index contributed by atoms with van der Waals surface area (Å²) in [4.78, 5) is 0. The Bertz CT molecular complexity index is 383. The number of alkyl halides is 5. The van der Waals surface area contributed by atoms with Crippen molar-refractivity contribution in [3.8, 4) is 0 Å². The molecule has 1 radical (unpaired) electrons. The van der Waals surface area contributed by atoms with E-state index in [0.29, 0.717) is 8.76 Å². The number of hydrogen-bond acceptors (Lipinski definition) is 8. The molecule has 167 valence electrons. The van der Waals surface area contributed by atoms with Crippen molar-refractivity contribution in [3.05, 3.63) is 9.44 Å². The van der Waals surface area contributed by atoms with E-state index >= 15 is 0 Å². The quantitative estimate of drug-likeness (QED) is 0.0538. The van der Waals surface area contributed by atoms with E-state index in [4.69, 9.17) is 5.73 Å². The van der Waals surface area contributed by atoms with Crippen LogP contribution in [-0.2, 0) is 31.2 Å². The van der Waals surface area contributed by atoms with Crippen molar-refractivity contribution in [2.45, 2.75) is 36.0 Å². The molecule has 1 aromatic heterocycles. The van der Waals surface area contributed by atoms with Crippen LogP contribution in [0.1, 0.15) is 32.7 Å². The molecule has 30 heavy (non-hydrogen) atoms. The van der Waals surface area contributed by atoms with E-state index in [2.05, 4.69) is 196 Å². The molecule has 18 heteroatoms. The topological polar surface area (TPSA) is 89.8 Å². The minimum absolute atomic E-state index is 0. The number of hydrazine groups is 1. The molecule has 0 aliphatic heterocycles. The van der Waals surface area contributed by atoms with Crippen LogP contribution in [0.15, 0.2) is 0 Å². The summed E-state index contributed by atoms with van der Waals surface area (Å²) >= 11 is 26.2. The summed E-state index contributed by atoms with van der Waals surface area (Å²) in [5.74, 6) is 4.60. The average Bonchev–Trinajstić information content (AvgIpc) is 2.83. The van der Waals surface area contributed by atoms with Gasteiger partial charge in [-0.1, -0.05) is 131 Å². The van der Waals surface area contributed by atoms with Gasteiger partial charge in [0.1, 0.15) is 4.44 Å². The minimum Gasteiger partial charge on any atom is 0 e. The molecule has 0 aliphatic rings. The molecule has 0 saturated heterocycles. The number of rotatable bonds is 0. The molecule has 1 heterocycles. The van der Waals surface area contributed by atoms with Crippen LogP contribution in [-0.4, -0.2) is 96.4 Å². The monoisotopic (exact) mass is 1450 g/mol. The number of nitrogens with one attached hydrogen (secondary N) is 1. The molecule has 0 fully saturated rings. The minimum atomic E-state index is 0. The Morgan fingerprint density at radius 2 is 1.47 bits per heavy atom. The Hall–Kier alpha value is 10.3. The van der Waals surface area contributed by atoms with E-state index in [1.807, 2.05) is 18.3 Å². The number of nitrogens with zero attached hydrogens (tertiary/aromatic N) is 2. The van der Waals surface area contributed by atoms with Gasteiger partial charge in [0.15, 0.2) is 0 Å². The number of nitrogens with two attached hydrogens (primary N) is 2. The molecule has 0 aromatic carbocycles. The number of aryl methyl sites for hydroxylation is 1. The first kappa shape index (κ1) is 59.7. The van der Waals surface area contributed by atoms with Crippen molar-refractivity contribution >= 4 is 255 Å². The van der Waals surface area contributed by atoms with Crippen LogP contribution < -0.4 is 68.4 Å². The van der Waals surface area contributed by atoms with Crippen LogP contribution in [0.5, 0.6) is 0 Å². The van der Waals surface area contributed by atoms with Gasteiger partial charge in [0, 0.05) is 18.6 Å². The Morgan fingerprint density at radius 3 is 1.50 bits per heavy atom. The summed E-state index contributed by atoms with van der Waals surface area (Å²) in [6.07, 6.45) is 0. The predicted molar refractivity (Wildman–Crippen MR) is 191 cm³/mol. The number of nitrogen functional groups attached to an aromatic ring is 1. The maximum absolute atomic E-state index is 5.22. The number of anilines is 1. The van der Waals surface area contributed by atoms with E-state index in [1.54, 1.807) is 14.0 Å². The summed E-state index contributed by atoms with van der Waals surface area (Å²) in [6, 6.07) is 0. The molecule has 0 atom stereocenters. The van der Waals surface area contributed by atoms with E-state index in [0.717, 1.165) is 80.5 Å². The van der Waals surface area contributed by atoms with Crippen molar-refractivity contribution in [1.29, 1.82) is 0 Å². The first-order chi connectivity index (χ1) is 12.6. The third-order valence-electron chi connectivity index (χ3n) is 0.542. The fourth-order valence-corrected chi connectivity index (χ4v) is 0.778. The summed E-state index contributed by atoms with van der Waals surface area (Å²) < 4.78 is 3.74. The van der Waals surface area contributed by atoms with Gasteiger partial charge in [0.2, 0.25) is 5.13 Å². The molecule has 1 aromatic rings. The van der Waals surface area contributed by atoms with Crippen molar-refractivity contribution in [2.24, 2.45) is 5.84 Å². The number of hydrogen-bond donors (Lipinski definition) is 3. The zero-order chi connectivity index (χ0) is 24.3. The van der Waals surface area contributed by atoms with Crippen molar-refractivity contribution in [3.63, 3.8) is 0 Å². The Morgan fingerprint density at radius 1 is 1.30 bits per heavy atom. The Balaban J connectivity index is -0.0000000322. The van der Waals surface area contributed by atoms with E-state index in [1.165, 1.54) is 11.3 Å². The number of thiocarbonyl (C=S) groups is 1. The van der Waals surface area contributed by atoms with Crippen molar-refractivity contribution in [1.82, 2.24) is 15.6 Å². The fraction of sp³-hybridized carbons (Fsp3) is 0.667. The van der Waals surface area contributed by atoms with Gasteiger partial charge in [0.05, 0.1) is 1.93 Å². The van der Waals surface area contributed by atoms with Gasteiger partial charge in [-0.05, 0) is 27.8 Å². The molecular formula is C12H25Cs2I6KN5S3V-. The zero-order valence-electron chi connectivity index (χ0n) is 18.6. The zero-order valence-corrected chi connectivity index (χ0v) is 51.1. The molecule has 0 bridgehead atoms. The van der Waals surface area contributed by atoms with Crippen LogP contribution in [0.2, 0.25) is 0 Å². The van der Waals surface area contributed by atoms with Gasteiger partial charge in [-0.15, -0.1) is 10.2 Å². The molecular weight excluding hydrogens is 1430 g/mol. The molecule has 0 amide bonds. The number of aromatic nitrogens is 2. The van der Waals surface area contributed by atoms with Gasteiger partial charge in [-0.2, -0.15) is 11.1 Å². The van der Waals surface area contributed by atoms with Gasteiger partial charge >= 0.3 is 125 Å². The second-order valence-electron chi connectivity index (χ2n) is 3.46. The number of halogens is 6. The fourth-order valence-electron chi connectivity index (χ4n) is 0.312. The van der Waals surface area contributed by atoms with Crippen LogP contribution in [0.3, 0.4) is 0 Å². The van der Waals surface area contributed by atoms with E-state index in [-0.39, 0.29) is 69.9 Å². The molecule has 1 rings (SSSR count). The molecule has 0 unspecified atom stereocenters. The van der Waals surface area contributed by atoms with Crippen LogP contribution in [0.4, 0.5) is 5.13 Å². The smallest absolute Gasteiger partial charge is 0 e. The van der Waals surface area contributed by atoms with Gasteiger partial charge < -0.3 is 53.2 Å². The average molecular weight is 1450 g/mol. The molecule has 5 N–H and O–H groups in total. The first-order valence-corrected chi connectivity index (χ1v) is 68.0. The third kappa shape index (κ3) is 143. The maximum Gasteiger partial charge on any atom is 1.00 e. The largest absolute Gasteiger partial charge is 1.00 e. The van der Waals surface area contributed by atoms with Gasteiger partial charge in [0.25, 0.3) is 0 Å². The summed E-state index contributed by atoms with van der Waals surface area (Å²) in [6.45, 7) is 9.86. The molecule has 0 aliphatic carbocycles. The Labute approximate surface area is 389 Å². The standard InChI is InChI=1S/C3H5N3S.C2H3I3.C2H4I2.C2H4I.C2H4S2.CH6N2.2Cs.K.V/c1-2-5-6-3(4)7-2;1-2(3,4)5;1-2(3)4;1-2-3;1-2(3)4;1-3-2;;;;/h1H3,(H2,4,6);1H3;2H,1H3;2H,1H3;1H3,(H,3,4);3H,2H2,1H3;;;;/q;;;-1;;;;;+1;/p-1. The predicted octanol–water partition coefficient (Wildman–Crippen LogP) is 3.40. The summed E-state index contributed by atoms with van der Waals surface area (Å²) in [5.41, 5.74) is 7.47. The third-order valence-corrected chi connectivity index (χ3v) is 1.21. The first-order valence-electron chi connectivity index (χ1n) is 7.42. The van der Waals surface area contributed by atoms with Crippen LogP contribution in [0.25, 0.3) is 0 Å². The SMILES string of the molecule is CC(=S)[S-].CC(I)(I)I.CC(I)I.CNN.C[CH-]I.Cc1nnc(N)s1.[Cs][Cs].[K+].[V]. The molecule has 0 spiro atoms. The second-order valence-corrected chi connectivity index (χ2v) is 26.2. The molecule has 5 nitrogen and oxygen atoms in total. The van der Waals surface area contributed by atoms with Crippen LogP contribution >= 0.6 is 159 Å². The molecule has 0 saturated carbocycles. The normalized spacial score (nSPS) is 7.67. The van der Waals surface area contributed by atoms with E-state index in [9.17, 15) is 0 Å². The van der Waals surface area contributed by atoms with Gasteiger partial charge in [-0.3, -0.25) is 15.7 Å². The van der Waals surface area contributed by atoms with Crippen molar-refractivity contribution in [2.75, 3.05) is 12.8 Å². The summed E-state index contributed by atoms with van der Waals surface area (Å²) in [5, 5.41) is 8.68. The Kier molecular flexibility index (Phi) is 103. The summed E-state index contributed by atoms with van der Waals surface area (Å²) in [7, 11) is 1.65. The second kappa shape index (κ2) is 52.0. The van der Waals surface area contributed by atoms with Crippen LogP contribution in [0, 0.1) is 11.4 Å². The van der Waals surface area contributed by atoms with E-state index < -0.39 is 0 Å². The van der Waals surface area contributed by atoms with Crippen molar-refractivity contribution < 1.29 is 69.9 Å². The maximum atomic E-state index is 5.22. The van der Waals surface area contributed by atoms with Gasteiger partial charge in [-0.25, -0.2) is 0 Å².